The summed E-state index contributed by atoms with van der Waals surface area (Å²) < 4.78 is 5.05. The number of carboxylic acids is 1. The minimum absolute atomic E-state index is 0.0647. The van der Waals surface area contributed by atoms with Crippen molar-refractivity contribution in [2.75, 3.05) is 12.4 Å². The average molecular weight is 327 g/mol. The van der Waals surface area contributed by atoms with E-state index in [0.29, 0.717) is 12.1 Å². The fourth-order valence-corrected chi connectivity index (χ4v) is 2.38. The van der Waals surface area contributed by atoms with Gasteiger partial charge in [-0.25, -0.2) is 4.79 Å². The molecule has 0 aromatic heterocycles. The SMILES string of the molecule is COc1cc(NC(=O)CCCc2ccc(C)cc2)ccc1C(=O)O. The number of carbonyl (C=O) groups is 2. The Balaban J connectivity index is 1.88. The second kappa shape index (κ2) is 8.15. The molecule has 0 radical (unpaired) electrons. The van der Waals surface area contributed by atoms with Gasteiger partial charge >= 0.3 is 5.97 Å². The van der Waals surface area contributed by atoms with E-state index < -0.39 is 5.97 Å². The summed E-state index contributed by atoms with van der Waals surface area (Å²) in [4.78, 5) is 23.1. The van der Waals surface area contributed by atoms with Crippen LogP contribution in [0.4, 0.5) is 5.69 Å². The van der Waals surface area contributed by atoms with Crippen LogP contribution in [0.15, 0.2) is 42.5 Å². The fraction of sp³-hybridized carbons (Fsp3) is 0.263. The molecule has 0 saturated heterocycles. The van der Waals surface area contributed by atoms with Crippen molar-refractivity contribution in [1.82, 2.24) is 0 Å². The van der Waals surface area contributed by atoms with Crippen molar-refractivity contribution in [1.29, 1.82) is 0 Å². The third-order valence-corrected chi connectivity index (χ3v) is 3.71. The number of aromatic carboxylic acids is 1. The molecule has 126 valence electrons. The number of rotatable bonds is 7. The van der Waals surface area contributed by atoms with E-state index in [4.69, 9.17) is 9.84 Å². The molecule has 24 heavy (non-hydrogen) atoms. The largest absolute Gasteiger partial charge is 0.496 e. The number of hydrogen-bond acceptors (Lipinski definition) is 3. The predicted octanol–water partition coefficient (Wildman–Crippen LogP) is 3.66. The van der Waals surface area contributed by atoms with Crippen molar-refractivity contribution in [2.24, 2.45) is 0 Å². The normalized spacial score (nSPS) is 10.2. The molecule has 1 amide bonds. The Kier molecular flexibility index (Phi) is 5.95. The smallest absolute Gasteiger partial charge is 0.339 e. The van der Waals surface area contributed by atoms with Gasteiger partial charge in [0.25, 0.3) is 0 Å². The number of hydrogen-bond donors (Lipinski definition) is 2. The summed E-state index contributed by atoms with van der Waals surface area (Å²) in [5.41, 5.74) is 3.02. The number of amides is 1. The van der Waals surface area contributed by atoms with Crippen molar-refractivity contribution < 1.29 is 19.4 Å². The predicted molar refractivity (Wildman–Crippen MR) is 92.7 cm³/mol. The van der Waals surface area contributed by atoms with Crippen LogP contribution in [0.25, 0.3) is 0 Å². The van der Waals surface area contributed by atoms with Gasteiger partial charge in [-0.2, -0.15) is 0 Å². The number of aryl methyl sites for hydroxylation is 2. The lowest BCUT2D eigenvalue weighted by Gasteiger charge is -2.09. The summed E-state index contributed by atoms with van der Waals surface area (Å²) in [5, 5.41) is 11.8. The van der Waals surface area contributed by atoms with Gasteiger partial charge in [0.05, 0.1) is 7.11 Å². The van der Waals surface area contributed by atoms with Crippen molar-refractivity contribution in [3.63, 3.8) is 0 Å². The first-order chi connectivity index (χ1) is 11.5. The molecule has 0 aliphatic carbocycles. The lowest BCUT2D eigenvalue weighted by molar-refractivity contribution is -0.116. The molecule has 2 aromatic rings. The van der Waals surface area contributed by atoms with Crippen LogP contribution in [-0.2, 0) is 11.2 Å². The van der Waals surface area contributed by atoms with Crippen molar-refractivity contribution in [3.8, 4) is 5.75 Å². The average Bonchev–Trinajstić information content (AvgIpc) is 2.56. The molecule has 0 fully saturated rings. The van der Waals surface area contributed by atoms with E-state index in [0.717, 1.165) is 12.8 Å². The third-order valence-electron chi connectivity index (χ3n) is 3.71. The first-order valence-corrected chi connectivity index (χ1v) is 7.76. The Bertz CT molecular complexity index is 723. The minimum Gasteiger partial charge on any atom is -0.496 e. The highest BCUT2D eigenvalue weighted by atomic mass is 16.5. The van der Waals surface area contributed by atoms with Gasteiger partial charge in [-0.3, -0.25) is 4.79 Å². The van der Waals surface area contributed by atoms with Gasteiger partial charge in [-0.1, -0.05) is 29.8 Å². The van der Waals surface area contributed by atoms with Gasteiger partial charge in [0.2, 0.25) is 5.91 Å². The lowest BCUT2D eigenvalue weighted by atomic mass is 10.1. The maximum Gasteiger partial charge on any atom is 0.339 e. The molecule has 5 heteroatoms. The van der Waals surface area contributed by atoms with Gasteiger partial charge in [-0.05, 0) is 37.5 Å². The molecule has 0 saturated carbocycles. The van der Waals surface area contributed by atoms with Gasteiger partial charge in [0, 0.05) is 18.2 Å². The molecule has 2 aromatic carbocycles. The van der Waals surface area contributed by atoms with Gasteiger partial charge in [0.1, 0.15) is 11.3 Å². The topological polar surface area (TPSA) is 75.6 Å². The lowest BCUT2D eigenvalue weighted by Crippen LogP contribution is -2.12. The van der Waals surface area contributed by atoms with Crippen molar-refractivity contribution in [3.05, 3.63) is 59.2 Å². The molecule has 0 spiro atoms. The number of methoxy groups -OCH3 is 1. The van der Waals surface area contributed by atoms with Gasteiger partial charge in [0.15, 0.2) is 0 Å². The van der Waals surface area contributed by atoms with Crippen molar-refractivity contribution in [2.45, 2.75) is 26.2 Å². The fourth-order valence-electron chi connectivity index (χ4n) is 2.38. The van der Waals surface area contributed by atoms with Crippen LogP contribution in [0.5, 0.6) is 5.75 Å². The van der Waals surface area contributed by atoms with Gasteiger partial charge < -0.3 is 15.2 Å². The summed E-state index contributed by atoms with van der Waals surface area (Å²) in [6.07, 6.45) is 1.99. The highest BCUT2D eigenvalue weighted by Crippen LogP contribution is 2.23. The quantitative estimate of drug-likeness (QED) is 0.813. The van der Waals surface area contributed by atoms with Crippen LogP contribution >= 0.6 is 0 Å². The highest BCUT2D eigenvalue weighted by Gasteiger charge is 2.12. The Morgan fingerprint density at radius 3 is 2.46 bits per heavy atom. The standard InChI is InChI=1S/C19H21NO4/c1-13-6-8-14(9-7-13)4-3-5-18(21)20-15-10-11-16(19(22)23)17(12-15)24-2/h6-12H,3-5H2,1-2H3,(H,20,21)(H,22,23). The van der Waals surface area contributed by atoms with Crippen LogP contribution in [-0.4, -0.2) is 24.1 Å². The second-order valence-electron chi connectivity index (χ2n) is 5.61. The van der Waals surface area contributed by atoms with E-state index in [-0.39, 0.29) is 17.2 Å². The van der Waals surface area contributed by atoms with E-state index >= 15 is 0 Å². The first kappa shape index (κ1) is 17.5. The summed E-state index contributed by atoms with van der Waals surface area (Å²) in [7, 11) is 1.40. The molecular weight excluding hydrogens is 306 g/mol. The van der Waals surface area contributed by atoms with Crippen LogP contribution < -0.4 is 10.1 Å². The highest BCUT2D eigenvalue weighted by molar-refractivity contribution is 5.94. The summed E-state index contributed by atoms with van der Waals surface area (Å²) in [6, 6.07) is 12.8. The maximum absolute atomic E-state index is 12.0. The summed E-state index contributed by atoms with van der Waals surface area (Å²) >= 11 is 0. The van der Waals surface area contributed by atoms with E-state index in [1.54, 1.807) is 6.07 Å². The first-order valence-electron chi connectivity index (χ1n) is 7.76. The van der Waals surface area contributed by atoms with Crippen LogP contribution in [0, 0.1) is 6.92 Å². The Morgan fingerprint density at radius 2 is 1.83 bits per heavy atom. The molecule has 0 atom stereocenters. The zero-order valence-electron chi connectivity index (χ0n) is 13.8. The molecule has 5 nitrogen and oxygen atoms in total. The minimum atomic E-state index is -1.07. The summed E-state index contributed by atoms with van der Waals surface area (Å²) in [6.45, 7) is 2.04. The van der Waals surface area contributed by atoms with Crippen LogP contribution in [0.2, 0.25) is 0 Å². The Hall–Kier alpha value is -2.82. The summed E-state index contributed by atoms with van der Waals surface area (Å²) in [5.74, 6) is -0.949. The molecular formula is C19H21NO4. The third kappa shape index (κ3) is 4.84. The van der Waals surface area contributed by atoms with E-state index in [9.17, 15) is 9.59 Å². The number of benzene rings is 2. The van der Waals surface area contributed by atoms with Crippen LogP contribution in [0.3, 0.4) is 0 Å². The number of anilines is 1. The number of carbonyl (C=O) groups excluding carboxylic acids is 1. The monoisotopic (exact) mass is 327 g/mol. The Labute approximate surface area is 141 Å². The number of ether oxygens (including phenoxy) is 1. The number of nitrogens with one attached hydrogen (secondary N) is 1. The Morgan fingerprint density at radius 1 is 1.12 bits per heavy atom. The van der Waals surface area contributed by atoms with Crippen molar-refractivity contribution >= 4 is 17.6 Å². The van der Waals surface area contributed by atoms with Gasteiger partial charge in [-0.15, -0.1) is 0 Å². The zero-order chi connectivity index (χ0) is 17.5. The van der Waals surface area contributed by atoms with Crippen LogP contribution in [0.1, 0.15) is 34.3 Å². The zero-order valence-corrected chi connectivity index (χ0v) is 13.8. The molecule has 0 heterocycles. The molecule has 2 rings (SSSR count). The van der Waals surface area contributed by atoms with E-state index in [1.165, 1.54) is 30.4 Å². The number of carboxylic acid groups (broad SMARTS) is 1. The second-order valence-corrected chi connectivity index (χ2v) is 5.61. The van der Waals surface area contributed by atoms with E-state index in [2.05, 4.69) is 29.6 Å². The maximum atomic E-state index is 12.0. The molecule has 0 aliphatic heterocycles. The molecule has 0 unspecified atom stereocenters. The van der Waals surface area contributed by atoms with E-state index in [1.807, 2.05) is 6.92 Å². The molecule has 2 N–H and O–H groups in total. The molecule has 0 bridgehead atoms. The molecule has 0 aliphatic rings.